The highest BCUT2D eigenvalue weighted by atomic mass is 79.9. The molecule has 0 fully saturated rings. The molecule has 0 radical (unpaired) electrons. The molecule has 0 aromatic carbocycles. The summed E-state index contributed by atoms with van der Waals surface area (Å²) in [7, 11) is 1.76. The first kappa shape index (κ1) is 16.0. The molecule has 0 unspecified atom stereocenters. The first-order chi connectivity index (χ1) is 11.0. The summed E-state index contributed by atoms with van der Waals surface area (Å²) in [5.74, 6) is 0.661. The minimum atomic E-state index is -0.0692. The van der Waals surface area contributed by atoms with E-state index in [4.69, 9.17) is 4.42 Å². The molecule has 0 atom stereocenters. The first-order valence-corrected chi connectivity index (χ1v) is 8.73. The van der Waals surface area contributed by atoms with Crippen LogP contribution in [0, 0.1) is 6.92 Å². The number of furan rings is 1. The molecule has 0 saturated heterocycles. The normalized spacial score (nSPS) is 10.7. The van der Waals surface area contributed by atoms with E-state index in [0.717, 1.165) is 22.0 Å². The van der Waals surface area contributed by atoms with Crippen LogP contribution < -0.4 is 0 Å². The Labute approximate surface area is 146 Å². The van der Waals surface area contributed by atoms with Gasteiger partial charge < -0.3 is 9.32 Å². The standard InChI is InChI=1S/C17H15BrN2O2S/c1-11-13(6-7-14(19-11)15-4-3-9-23-15)17(21)20(2)10-12-5-8-16(18)22-12/h3-9H,10H2,1-2H3. The molecule has 0 aliphatic carbocycles. The predicted octanol–water partition coefficient (Wildman–Crippen LogP) is 4.75. The van der Waals surface area contributed by atoms with Crippen LogP contribution in [0.4, 0.5) is 0 Å². The van der Waals surface area contributed by atoms with Gasteiger partial charge in [-0.05, 0) is 58.6 Å². The zero-order valence-electron chi connectivity index (χ0n) is 12.7. The van der Waals surface area contributed by atoms with Crippen molar-refractivity contribution in [2.45, 2.75) is 13.5 Å². The number of halogens is 1. The third-order valence-electron chi connectivity index (χ3n) is 3.46. The largest absolute Gasteiger partial charge is 0.452 e. The smallest absolute Gasteiger partial charge is 0.255 e. The van der Waals surface area contributed by atoms with Crippen LogP contribution in [0.1, 0.15) is 21.8 Å². The van der Waals surface area contributed by atoms with Crippen LogP contribution in [0.3, 0.4) is 0 Å². The molecule has 118 valence electrons. The molecule has 23 heavy (non-hydrogen) atoms. The van der Waals surface area contributed by atoms with Gasteiger partial charge in [0, 0.05) is 7.05 Å². The third kappa shape index (κ3) is 3.54. The minimum Gasteiger partial charge on any atom is -0.452 e. The second-order valence-corrected chi connectivity index (χ2v) is 6.90. The second kappa shape index (κ2) is 6.68. The minimum absolute atomic E-state index is 0.0692. The average molecular weight is 391 g/mol. The molecule has 3 aromatic heterocycles. The van der Waals surface area contributed by atoms with Crippen molar-refractivity contribution in [1.82, 2.24) is 9.88 Å². The Morgan fingerprint density at radius 2 is 2.13 bits per heavy atom. The zero-order valence-corrected chi connectivity index (χ0v) is 15.1. The van der Waals surface area contributed by atoms with E-state index in [1.54, 1.807) is 23.3 Å². The summed E-state index contributed by atoms with van der Waals surface area (Å²) in [5.41, 5.74) is 2.23. The Kier molecular flexibility index (Phi) is 4.63. The highest BCUT2D eigenvalue weighted by Gasteiger charge is 2.17. The van der Waals surface area contributed by atoms with E-state index in [0.29, 0.717) is 16.8 Å². The number of carbonyl (C=O) groups is 1. The van der Waals surface area contributed by atoms with Gasteiger partial charge in [0.1, 0.15) is 5.76 Å². The van der Waals surface area contributed by atoms with Crippen LogP contribution in [0.2, 0.25) is 0 Å². The van der Waals surface area contributed by atoms with Gasteiger partial charge in [-0.2, -0.15) is 0 Å². The van der Waals surface area contributed by atoms with E-state index in [1.807, 2.05) is 48.7 Å². The van der Waals surface area contributed by atoms with E-state index in [9.17, 15) is 4.79 Å². The molecule has 0 N–H and O–H groups in total. The Morgan fingerprint density at radius 1 is 1.30 bits per heavy atom. The monoisotopic (exact) mass is 390 g/mol. The number of carbonyl (C=O) groups excluding carboxylic acids is 1. The fourth-order valence-corrected chi connectivity index (χ4v) is 3.33. The Bertz CT molecular complexity index is 827. The Balaban J connectivity index is 1.79. The molecule has 6 heteroatoms. The number of nitrogens with zero attached hydrogens (tertiary/aromatic N) is 2. The molecule has 3 aromatic rings. The molecular formula is C17H15BrN2O2S. The molecular weight excluding hydrogens is 376 g/mol. The second-order valence-electron chi connectivity index (χ2n) is 5.17. The number of thiophene rings is 1. The summed E-state index contributed by atoms with van der Waals surface area (Å²) in [4.78, 5) is 19.9. The van der Waals surface area contributed by atoms with E-state index < -0.39 is 0 Å². The van der Waals surface area contributed by atoms with E-state index >= 15 is 0 Å². The summed E-state index contributed by atoms with van der Waals surface area (Å²) >= 11 is 4.90. The van der Waals surface area contributed by atoms with Gasteiger partial charge in [0.2, 0.25) is 0 Å². The lowest BCUT2D eigenvalue weighted by Gasteiger charge is -2.17. The number of amides is 1. The van der Waals surface area contributed by atoms with Crippen molar-refractivity contribution in [3.05, 3.63) is 63.5 Å². The molecule has 0 spiro atoms. The molecule has 3 rings (SSSR count). The quantitative estimate of drug-likeness (QED) is 0.645. The van der Waals surface area contributed by atoms with Crippen molar-refractivity contribution in [2.75, 3.05) is 7.05 Å². The molecule has 4 nitrogen and oxygen atoms in total. The summed E-state index contributed by atoms with van der Waals surface area (Å²) in [5, 5.41) is 2.01. The first-order valence-electron chi connectivity index (χ1n) is 7.06. The highest BCUT2D eigenvalue weighted by molar-refractivity contribution is 9.10. The number of aromatic nitrogens is 1. The summed E-state index contributed by atoms with van der Waals surface area (Å²) in [6, 6.07) is 11.4. The van der Waals surface area contributed by atoms with Gasteiger partial charge in [-0.3, -0.25) is 9.78 Å². The summed E-state index contributed by atoms with van der Waals surface area (Å²) in [6.07, 6.45) is 0. The fraction of sp³-hybridized carbons (Fsp3) is 0.176. The predicted molar refractivity (Wildman–Crippen MR) is 94.5 cm³/mol. The lowest BCUT2D eigenvalue weighted by molar-refractivity contribution is 0.0774. The van der Waals surface area contributed by atoms with Gasteiger partial charge >= 0.3 is 0 Å². The van der Waals surface area contributed by atoms with Crippen LogP contribution in [0.5, 0.6) is 0 Å². The van der Waals surface area contributed by atoms with Gasteiger partial charge in [0.25, 0.3) is 5.91 Å². The maximum atomic E-state index is 12.6. The zero-order chi connectivity index (χ0) is 16.4. The van der Waals surface area contributed by atoms with Crippen molar-refractivity contribution < 1.29 is 9.21 Å². The van der Waals surface area contributed by atoms with Crippen molar-refractivity contribution in [3.8, 4) is 10.6 Å². The third-order valence-corrected chi connectivity index (χ3v) is 4.78. The lowest BCUT2D eigenvalue weighted by Crippen LogP contribution is -2.27. The summed E-state index contributed by atoms with van der Waals surface area (Å²) < 4.78 is 6.11. The SMILES string of the molecule is Cc1nc(-c2cccs2)ccc1C(=O)N(C)Cc1ccc(Br)o1. The van der Waals surface area contributed by atoms with Gasteiger partial charge in [-0.15, -0.1) is 11.3 Å². The number of hydrogen-bond acceptors (Lipinski definition) is 4. The molecule has 0 bridgehead atoms. The van der Waals surface area contributed by atoms with E-state index in [-0.39, 0.29) is 5.91 Å². The van der Waals surface area contributed by atoms with Gasteiger partial charge in [0.05, 0.1) is 28.4 Å². The maximum Gasteiger partial charge on any atom is 0.255 e. The molecule has 1 amide bonds. The molecule has 3 heterocycles. The highest BCUT2D eigenvalue weighted by Crippen LogP contribution is 2.24. The van der Waals surface area contributed by atoms with Gasteiger partial charge in [0.15, 0.2) is 4.67 Å². The number of aryl methyl sites for hydroxylation is 1. The Hall–Kier alpha value is -1.92. The lowest BCUT2D eigenvalue weighted by atomic mass is 10.1. The number of pyridine rings is 1. The van der Waals surface area contributed by atoms with Gasteiger partial charge in [-0.1, -0.05) is 6.07 Å². The van der Waals surface area contributed by atoms with Crippen LogP contribution in [0.25, 0.3) is 10.6 Å². The van der Waals surface area contributed by atoms with Crippen LogP contribution in [-0.2, 0) is 6.54 Å². The van der Waals surface area contributed by atoms with Crippen LogP contribution in [0.15, 0.2) is 50.9 Å². The van der Waals surface area contributed by atoms with Crippen molar-refractivity contribution in [3.63, 3.8) is 0 Å². The van der Waals surface area contributed by atoms with E-state index in [1.165, 1.54) is 0 Å². The van der Waals surface area contributed by atoms with E-state index in [2.05, 4.69) is 20.9 Å². The molecule has 0 aliphatic heterocycles. The van der Waals surface area contributed by atoms with Crippen molar-refractivity contribution in [2.24, 2.45) is 0 Å². The molecule has 0 saturated carbocycles. The maximum absolute atomic E-state index is 12.6. The van der Waals surface area contributed by atoms with Crippen LogP contribution in [-0.4, -0.2) is 22.8 Å². The van der Waals surface area contributed by atoms with Crippen molar-refractivity contribution >= 4 is 33.2 Å². The Morgan fingerprint density at radius 3 is 2.74 bits per heavy atom. The van der Waals surface area contributed by atoms with Gasteiger partial charge in [-0.25, -0.2) is 0 Å². The fourth-order valence-electron chi connectivity index (χ4n) is 2.30. The topological polar surface area (TPSA) is 46.3 Å². The molecule has 0 aliphatic rings. The summed E-state index contributed by atoms with van der Waals surface area (Å²) in [6.45, 7) is 2.28. The van der Waals surface area contributed by atoms with Crippen LogP contribution >= 0.6 is 27.3 Å². The number of rotatable bonds is 4. The van der Waals surface area contributed by atoms with Crippen molar-refractivity contribution in [1.29, 1.82) is 0 Å². The number of hydrogen-bond donors (Lipinski definition) is 0. The average Bonchev–Trinajstić information content (AvgIpc) is 3.18.